The Morgan fingerprint density at radius 1 is 1.38 bits per heavy atom. The van der Waals surface area contributed by atoms with Crippen molar-refractivity contribution >= 4 is 17.3 Å². The van der Waals surface area contributed by atoms with Crippen molar-refractivity contribution in [1.29, 1.82) is 0 Å². The first kappa shape index (κ1) is 15.1. The third kappa shape index (κ3) is 3.84. The lowest BCUT2D eigenvalue weighted by Crippen LogP contribution is -2.10. The lowest BCUT2D eigenvalue weighted by atomic mass is 10.1. The molecule has 21 heavy (non-hydrogen) atoms. The molecule has 0 saturated carbocycles. The number of imidazole rings is 1. The van der Waals surface area contributed by atoms with Crippen molar-refractivity contribution in [3.8, 4) is 0 Å². The Balaban J connectivity index is 2.12. The number of nitrogens with zero attached hydrogens (tertiary/aromatic N) is 2. The average molecular weight is 286 g/mol. The van der Waals surface area contributed by atoms with Crippen LogP contribution in [0, 0.1) is 6.92 Å². The highest BCUT2D eigenvalue weighted by Crippen LogP contribution is 2.21. The van der Waals surface area contributed by atoms with Crippen LogP contribution in [0.25, 0.3) is 0 Å². The number of benzene rings is 1. The fraction of sp³-hybridized carbons (Fsp3) is 0.375. The SMILES string of the molecule is CC(=O)Nc1ccc(C)c(NCc2cncn2C(C)C)c1. The van der Waals surface area contributed by atoms with Gasteiger partial charge < -0.3 is 15.2 Å². The monoisotopic (exact) mass is 286 g/mol. The lowest BCUT2D eigenvalue weighted by molar-refractivity contribution is -0.114. The molecule has 0 aliphatic rings. The molecule has 0 saturated heterocycles. The van der Waals surface area contributed by atoms with Crippen molar-refractivity contribution in [2.24, 2.45) is 0 Å². The number of carbonyl (C=O) groups excluding carboxylic acids is 1. The van der Waals surface area contributed by atoms with Gasteiger partial charge in [0.25, 0.3) is 0 Å². The fourth-order valence-electron chi connectivity index (χ4n) is 2.21. The maximum Gasteiger partial charge on any atom is 0.221 e. The molecule has 5 nitrogen and oxygen atoms in total. The van der Waals surface area contributed by atoms with Crippen molar-refractivity contribution in [2.45, 2.75) is 40.3 Å². The van der Waals surface area contributed by atoms with E-state index in [9.17, 15) is 4.79 Å². The van der Waals surface area contributed by atoms with Gasteiger partial charge in [0, 0.05) is 30.5 Å². The molecule has 0 radical (unpaired) electrons. The number of aryl methyl sites for hydroxylation is 1. The van der Waals surface area contributed by atoms with Crippen molar-refractivity contribution < 1.29 is 4.79 Å². The Bertz CT molecular complexity index is 631. The summed E-state index contributed by atoms with van der Waals surface area (Å²) in [4.78, 5) is 15.3. The Hall–Kier alpha value is -2.30. The minimum Gasteiger partial charge on any atom is -0.379 e. The van der Waals surface area contributed by atoms with E-state index in [-0.39, 0.29) is 5.91 Å². The molecule has 1 aromatic heterocycles. The first-order chi connectivity index (χ1) is 9.97. The predicted octanol–water partition coefficient (Wildman–Crippen LogP) is 3.34. The maximum absolute atomic E-state index is 11.1. The molecule has 0 fully saturated rings. The van der Waals surface area contributed by atoms with Crippen LogP contribution in [0.3, 0.4) is 0 Å². The van der Waals surface area contributed by atoms with Crippen LogP contribution in [0.1, 0.15) is 38.1 Å². The summed E-state index contributed by atoms with van der Waals surface area (Å²) in [6.07, 6.45) is 3.72. The Labute approximate surface area is 125 Å². The standard InChI is InChI=1S/C16H22N4O/c1-11(2)20-10-17-8-15(20)9-18-16-7-14(19-13(4)21)6-5-12(16)3/h5-8,10-11,18H,9H2,1-4H3,(H,19,21). The van der Waals surface area contributed by atoms with E-state index in [0.717, 1.165) is 22.6 Å². The number of carbonyl (C=O) groups is 1. The van der Waals surface area contributed by atoms with Gasteiger partial charge in [0.15, 0.2) is 0 Å². The minimum atomic E-state index is -0.0670. The molecule has 112 valence electrons. The zero-order valence-electron chi connectivity index (χ0n) is 13.0. The second-order valence-corrected chi connectivity index (χ2v) is 5.45. The molecular formula is C16H22N4O. The number of amides is 1. The quantitative estimate of drug-likeness (QED) is 0.886. The summed E-state index contributed by atoms with van der Waals surface area (Å²) in [5.41, 5.74) is 4.08. The second kappa shape index (κ2) is 6.43. The van der Waals surface area contributed by atoms with Gasteiger partial charge in [-0.25, -0.2) is 4.98 Å². The number of nitrogens with one attached hydrogen (secondary N) is 2. The van der Waals surface area contributed by atoms with Gasteiger partial charge in [0.2, 0.25) is 5.91 Å². The van der Waals surface area contributed by atoms with Crippen molar-refractivity contribution in [3.63, 3.8) is 0 Å². The van der Waals surface area contributed by atoms with E-state index in [2.05, 4.69) is 34.0 Å². The summed E-state index contributed by atoms with van der Waals surface area (Å²) in [7, 11) is 0. The summed E-state index contributed by atoms with van der Waals surface area (Å²) < 4.78 is 2.14. The van der Waals surface area contributed by atoms with E-state index < -0.39 is 0 Å². The molecule has 1 aromatic carbocycles. The van der Waals surface area contributed by atoms with Crippen LogP contribution >= 0.6 is 0 Å². The first-order valence-corrected chi connectivity index (χ1v) is 7.10. The summed E-state index contributed by atoms with van der Waals surface area (Å²) in [6, 6.07) is 6.23. The van der Waals surface area contributed by atoms with E-state index >= 15 is 0 Å². The van der Waals surface area contributed by atoms with Gasteiger partial charge in [-0.15, -0.1) is 0 Å². The topological polar surface area (TPSA) is 59.0 Å². The first-order valence-electron chi connectivity index (χ1n) is 7.10. The van der Waals surface area contributed by atoms with Crippen LogP contribution in [0.2, 0.25) is 0 Å². The second-order valence-electron chi connectivity index (χ2n) is 5.45. The van der Waals surface area contributed by atoms with Crippen LogP contribution in [0.15, 0.2) is 30.7 Å². The van der Waals surface area contributed by atoms with Gasteiger partial charge in [-0.1, -0.05) is 6.07 Å². The normalized spacial score (nSPS) is 10.7. The summed E-state index contributed by atoms with van der Waals surface area (Å²) >= 11 is 0. The smallest absolute Gasteiger partial charge is 0.221 e. The van der Waals surface area contributed by atoms with E-state index in [1.807, 2.05) is 37.6 Å². The predicted molar refractivity (Wildman–Crippen MR) is 85.4 cm³/mol. The van der Waals surface area contributed by atoms with Crippen LogP contribution in [-0.2, 0) is 11.3 Å². The van der Waals surface area contributed by atoms with Gasteiger partial charge in [-0.05, 0) is 38.5 Å². The van der Waals surface area contributed by atoms with E-state index in [0.29, 0.717) is 12.6 Å². The largest absolute Gasteiger partial charge is 0.379 e. The highest BCUT2D eigenvalue weighted by atomic mass is 16.1. The molecular weight excluding hydrogens is 264 g/mol. The van der Waals surface area contributed by atoms with Gasteiger partial charge in [-0.3, -0.25) is 4.79 Å². The van der Waals surface area contributed by atoms with Crippen molar-refractivity contribution in [3.05, 3.63) is 42.0 Å². The van der Waals surface area contributed by atoms with E-state index in [1.54, 1.807) is 0 Å². The van der Waals surface area contributed by atoms with Crippen molar-refractivity contribution in [2.75, 3.05) is 10.6 Å². The molecule has 1 amide bonds. The molecule has 1 heterocycles. The van der Waals surface area contributed by atoms with Gasteiger partial charge >= 0.3 is 0 Å². The van der Waals surface area contributed by atoms with E-state index in [1.165, 1.54) is 6.92 Å². The molecule has 2 N–H and O–H groups in total. The Morgan fingerprint density at radius 2 is 2.14 bits per heavy atom. The molecule has 0 spiro atoms. The minimum absolute atomic E-state index is 0.0670. The van der Waals surface area contributed by atoms with Gasteiger partial charge in [0.05, 0.1) is 18.6 Å². The van der Waals surface area contributed by atoms with Crippen LogP contribution < -0.4 is 10.6 Å². The van der Waals surface area contributed by atoms with Crippen LogP contribution in [0.4, 0.5) is 11.4 Å². The molecule has 0 unspecified atom stereocenters. The lowest BCUT2D eigenvalue weighted by Gasteiger charge is -2.15. The molecule has 2 rings (SSSR count). The maximum atomic E-state index is 11.1. The zero-order chi connectivity index (χ0) is 15.4. The third-order valence-electron chi connectivity index (χ3n) is 3.32. The highest BCUT2D eigenvalue weighted by Gasteiger charge is 2.06. The van der Waals surface area contributed by atoms with E-state index in [4.69, 9.17) is 0 Å². The fourth-order valence-corrected chi connectivity index (χ4v) is 2.21. The molecule has 0 bridgehead atoms. The van der Waals surface area contributed by atoms with Crippen LogP contribution in [0.5, 0.6) is 0 Å². The number of rotatable bonds is 5. The Kier molecular flexibility index (Phi) is 4.62. The highest BCUT2D eigenvalue weighted by molar-refractivity contribution is 5.89. The number of hydrogen-bond donors (Lipinski definition) is 2. The van der Waals surface area contributed by atoms with Gasteiger partial charge in [0.1, 0.15) is 0 Å². The summed E-state index contributed by atoms with van der Waals surface area (Å²) in [5.74, 6) is -0.0670. The van der Waals surface area contributed by atoms with Crippen LogP contribution in [-0.4, -0.2) is 15.5 Å². The van der Waals surface area contributed by atoms with Gasteiger partial charge in [-0.2, -0.15) is 0 Å². The third-order valence-corrected chi connectivity index (χ3v) is 3.32. The Morgan fingerprint density at radius 3 is 2.81 bits per heavy atom. The molecule has 0 atom stereocenters. The number of anilines is 2. The van der Waals surface area contributed by atoms with Crippen molar-refractivity contribution in [1.82, 2.24) is 9.55 Å². The molecule has 0 aliphatic carbocycles. The molecule has 0 aliphatic heterocycles. The average Bonchev–Trinajstić information content (AvgIpc) is 2.87. The zero-order valence-corrected chi connectivity index (χ0v) is 13.0. The summed E-state index contributed by atoms with van der Waals surface area (Å²) in [5, 5.41) is 6.21. The number of aromatic nitrogens is 2. The molecule has 5 heteroatoms. The molecule has 2 aromatic rings. The summed E-state index contributed by atoms with van der Waals surface area (Å²) in [6.45, 7) is 8.51. The number of hydrogen-bond acceptors (Lipinski definition) is 3.